The van der Waals surface area contributed by atoms with Crippen LogP contribution < -0.4 is 5.73 Å². The first-order valence-corrected chi connectivity index (χ1v) is 28.7. The topological polar surface area (TPSA) is 155 Å². The molecule has 0 rings (SSSR count). The Bertz CT molecular complexity index is 1080. The lowest BCUT2D eigenvalue weighted by Crippen LogP contribution is -2.34. The zero-order valence-electron chi connectivity index (χ0n) is 41.9. The number of hydrogen-bond acceptors (Lipinski definition) is 8. The minimum absolute atomic E-state index is 0.0219. The number of nitrogens with two attached hydrogens (primary N) is 1. The smallest absolute Gasteiger partial charge is 0.472 e. The summed E-state index contributed by atoms with van der Waals surface area (Å²) in [4.78, 5) is 33.7. The molecule has 3 unspecified atom stereocenters. The van der Waals surface area contributed by atoms with E-state index in [4.69, 9.17) is 29.4 Å². The highest BCUT2D eigenvalue weighted by molar-refractivity contribution is 7.47. The fourth-order valence-corrected chi connectivity index (χ4v) is 8.85. The molecule has 0 heterocycles. The molecule has 0 spiro atoms. The Morgan fingerprint density at radius 3 is 1.19 bits per heavy atom. The first kappa shape index (κ1) is 62.7. The van der Waals surface area contributed by atoms with Crippen molar-refractivity contribution < 1.29 is 42.7 Å². The number of carboxylic acids is 1. The quantitative estimate of drug-likeness (QED) is 0.0232. The van der Waals surface area contributed by atoms with E-state index in [2.05, 4.69) is 26.0 Å². The Labute approximate surface area is 394 Å². The number of allylic oxidation sites excluding steroid dienone is 2. The molecule has 10 nitrogen and oxygen atoms in total. The average molecular weight is 930 g/mol. The van der Waals surface area contributed by atoms with Gasteiger partial charge in [0.05, 0.1) is 19.8 Å². The van der Waals surface area contributed by atoms with E-state index < -0.39 is 45.1 Å². The number of rotatable bonds is 53. The number of hydrogen-bond donors (Lipinski definition) is 3. The van der Waals surface area contributed by atoms with Crippen LogP contribution in [0.4, 0.5) is 0 Å². The summed E-state index contributed by atoms with van der Waals surface area (Å²) in [7, 11) is -4.62. The Kier molecular flexibility index (Phi) is 48.6. The van der Waals surface area contributed by atoms with Gasteiger partial charge in [-0.15, -0.1) is 0 Å². The summed E-state index contributed by atoms with van der Waals surface area (Å²) in [5.41, 5.74) is 5.38. The summed E-state index contributed by atoms with van der Waals surface area (Å²) in [5, 5.41) is 8.94. The molecule has 0 fully saturated rings. The average Bonchev–Trinajstić information content (AvgIpc) is 3.28. The van der Waals surface area contributed by atoms with Crippen molar-refractivity contribution in [3.8, 4) is 0 Å². The van der Waals surface area contributed by atoms with Gasteiger partial charge in [0.1, 0.15) is 12.1 Å². The number of carbonyl (C=O) groups excluding carboxylic acids is 1. The number of esters is 1. The molecular weight excluding hydrogens is 826 g/mol. The van der Waals surface area contributed by atoms with Crippen molar-refractivity contribution in [1.29, 1.82) is 0 Å². The van der Waals surface area contributed by atoms with Crippen molar-refractivity contribution in [3.63, 3.8) is 0 Å². The first-order chi connectivity index (χ1) is 31.2. The Morgan fingerprint density at radius 2 is 0.812 bits per heavy atom. The summed E-state index contributed by atoms with van der Waals surface area (Å²) < 4.78 is 33.6. The van der Waals surface area contributed by atoms with Crippen LogP contribution in [-0.4, -0.2) is 60.5 Å². The summed E-state index contributed by atoms with van der Waals surface area (Å²) in [6, 6.07) is -1.47. The maximum absolute atomic E-state index is 12.7. The third kappa shape index (κ3) is 48.6. The van der Waals surface area contributed by atoms with Crippen molar-refractivity contribution in [3.05, 3.63) is 12.2 Å². The number of carboxylic acid groups (broad SMARTS) is 1. The molecule has 0 aliphatic carbocycles. The lowest BCUT2D eigenvalue weighted by Gasteiger charge is -2.20. The fourth-order valence-electron chi connectivity index (χ4n) is 8.07. The monoisotopic (exact) mass is 930 g/mol. The SMILES string of the molecule is CCCCCCCCC/C=C\CCCCCCCCCC(=O)OC(COCCCCCCCCCCCCCCCCCCCCCCCCCC)COP(=O)(O)OCC(N)C(=O)O. The first-order valence-electron chi connectivity index (χ1n) is 27.2. The van der Waals surface area contributed by atoms with Gasteiger partial charge in [0.25, 0.3) is 0 Å². The maximum atomic E-state index is 12.7. The van der Waals surface area contributed by atoms with Crippen molar-refractivity contribution in [2.45, 2.75) is 289 Å². The van der Waals surface area contributed by atoms with Crippen LogP contribution in [0.1, 0.15) is 277 Å². The van der Waals surface area contributed by atoms with Gasteiger partial charge in [-0.25, -0.2) is 4.57 Å². The molecule has 3 atom stereocenters. The van der Waals surface area contributed by atoms with E-state index in [1.165, 1.54) is 205 Å². The van der Waals surface area contributed by atoms with Gasteiger partial charge in [0.2, 0.25) is 0 Å². The number of phosphoric acid groups is 1. The van der Waals surface area contributed by atoms with Gasteiger partial charge in [0.15, 0.2) is 0 Å². The highest BCUT2D eigenvalue weighted by atomic mass is 31.2. The van der Waals surface area contributed by atoms with Crippen LogP contribution in [0.25, 0.3) is 0 Å². The van der Waals surface area contributed by atoms with Gasteiger partial charge in [-0.1, -0.05) is 244 Å². The molecule has 0 radical (unpaired) electrons. The van der Waals surface area contributed by atoms with Gasteiger partial charge in [-0.05, 0) is 38.5 Å². The number of unbranched alkanes of at least 4 members (excludes halogenated alkanes) is 37. The second-order valence-corrected chi connectivity index (χ2v) is 20.2. The molecule has 0 amide bonds. The highest BCUT2D eigenvalue weighted by Crippen LogP contribution is 2.43. The van der Waals surface area contributed by atoms with Crippen molar-refractivity contribution in [2.75, 3.05) is 26.4 Å². The molecule has 0 bridgehead atoms. The zero-order chi connectivity index (χ0) is 46.9. The van der Waals surface area contributed by atoms with Gasteiger partial charge in [-0.3, -0.25) is 18.6 Å². The second-order valence-electron chi connectivity index (χ2n) is 18.7. The molecule has 0 saturated carbocycles. The van der Waals surface area contributed by atoms with Crippen LogP contribution in [0, 0.1) is 0 Å². The summed E-state index contributed by atoms with van der Waals surface area (Å²) in [5.74, 6) is -1.77. The highest BCUT2D eigenvalue weighted by Gasteiger charge is 2.27. The van der Waals surface area contributed by atoms with Crippen LogP contribution in [0.5, 0.6) is 0 Å². The van der Waals surface area contributed by atoms with Gasteiger partial charge in [-0.2, -0.15) is 0 Å². The van der Waals surface area contributed by atoms with E-state index in [0.717, 1.165) is 44.9 Å². The molecular formula is C53H104NO9P. The van der Waals surface area contributed by atoms with Crippen molar-refractivity contribution >= 4 is 19.8 Å². The minimum atomic E-state index is -4.62. The second kappa shape index (κ2) is 49.6. The van der Waals surface area contributed by atoms with Gasteiger partial charge < -0.3 is 25.2 Å². The van der Waals surface area contributed by atoms with E-state index in [0.29, 0.717) is 13.0 Å². The van der Waals surface area contributed by atoms with Crippen LogP contribution in [0.3, 0.4) is 0 Å². The molecule has 64 heavy (non-hydrogen) atoms. The summed E-state index contributed by atoms with van der Waals surface area (Å²) >= 11 is 0. The molecule has 4 N–H and O–H groups in total. The van der Waals surface area contributed by atoms with Crippen LogP contribution in [0.15, 0.2) is 12.2 Å². The zero-order valence-corrected chi connectivity index (χ0v) is 42.8. The van der Waals surface area contributed by atoms with E-state index in [-0.39, 0.29) is 13.0 Å². The Balaban J connectivity index is 4.04. The fraction of sp³-hybridized carbons (Fsp3) is 0.925. The summed E-state index contributed by atoms with van der Waals surface area (Å²) in [6.45, 7) is 3.94. The molecule has 0 aliphatic rings. The largest absolute Gasteiger partial charge is 0.480 e. The van der Waals surface area contributed by atoms with Crippen molar-refractivity contribution in [2.24, 2.45) is 5.73 Å². The molecule has 380 valence electrons. The third-order valence-electron chi connectivity index (χ3n) is 12.3. The minimum Gasteiger partial charge on any atom is -0.480 e. The van der Waals surface area contributed by atoms with Crippen LogP contribution in [-0.2, 0) is 32.7 Å². The van der Waals surface area contributed by atoms with Gasteiger partial charge in [0, 0.05) is 13.0 Å². The number of aliphatic carboxylic acids is 1. The molecule has 0 aromatic heterocycles. The number of ether oxygens (including phenoxy) is 2. The van der Waals surface area contributed by atoms with E-state index in [9.17, 15) is 19.0 Å². The Hall–Kier alpha value is -1.29. The third-order valence-corrected chi connectivity index (χ3v) is 13.2. The normalized spacial score (nSPS) is 13.7. The molecule has 0 saturated heterocycles. The van der Waals surface area contributed by atoms with Crippen molar-refractivity contribution in [1.82, 2.24) is 0 Å². The van der Waals surface area contributed by atoms with E-state index in [1.54, 1.807) is 0 Å². The lowest BCUT2D eigenvalue weighted by atomic mass is 10.0. The number of carbonyl (C=O) groups is 2. The lowest BCUT2D eigenvalue weighted by molar-refractivity contribution is -0.154. The van der Waals surface area contributed by atoms with E-state index >= 15 is 0 Å². The standard InChI is InChI=1S/C53H104NO9P/c1-3-5-7-9-11-13-15-17-19-21-23-24-25-26-27-28-30-32-34-36-38-40-42-44-46-60-47-50(48-61-64(58,59)62-49-51(54)53(56)57)63-52(55)45-43-41-39-37-35-33-31-29-22-20-18-16-14-12-10-8-6-4-2/h20,22,50-51H,3-19,21,23-49,54H2,1-2H3,(H,56,57)(H,58,59)/b22-20-. The van der Waals surface area contributed by atoms with E-state index in [1.807, 2.05) is 0 Å². The molecule has 11 heteroatoms. The predicted octanol–water partition coefficient (Wildman–Crippen LogP) is 16.1. The van der Waals surface area contributed by atoms with Crippen LogP contribution >= 0.6 is 7.82 Å². The maximum Gasteiger partial charge on any atom is 0.472 e. The Morgan fingerprint density at radius 1 is 0.484 bits per heavy atom. The molecule has 0 aliphatic heterocycles. The molecule has 0 aromatic rings. The predicted molar refractivity (Wildman–Crippen MR) is 268 cm³/mol. The molecule has 0 aromatic carbocycles. The summed E-state index contributed by atoms with van der Waals surface area (Å²) in [6.07, 6.45) is 55.6. The number of phosphoric ester groups is 1. The van der Waals surface area contributed by atoms with Crippen LogP contribution in [0.2, 0.25) is 0 Å². The van der Waals surface area contributed by atoms with Gasteiger partial charge >= 0.3 is 19.8 Å².